The summed E-state index contributed by atoms with van der Waals surface area (Å²) >= 11 is 0. The molecule has 21 heavy (non-hydrogen) atoms. The SMILES string of the molecule is CN(CC(O)c1ccccc1)C(=O)CN.c1ccccc1. The predicted octanol–water partition coefficient (Wildman–Crippen LogP) is 1.82. The minimum atomic E-state index is -0.660. The van der Waals surface area contributed by atoms with E-state index in [0.29, 0.717) is 0 Å². The minimum Gasteiger partial charge on any atom is -0.387 e. The van der Waals surface area contributed by atoms with Crippen molar-refractivity contribution in [3.8, 4) is 0 Å². The number of aliphatic hydroxyl groups excluding tert-OH is 1. The first-order valence-corrected chi connectivity index (χ1v) is 6.82. The van der Waals surface area contributed by atoms with Gasteiger partial charge in [0.15, 0.2) is 0 Å². The monoisotopic (exact) mass is 286 g/mol. The quantitative estimate of drug-likeness (QED) is 0.901. The van der Waals surface area contributed by atoms with E-state index in [4.69, 9.17) is 5.73 Å². The van der Waals surface area contributed by atoms with Gasteiger partial charge in [-0.05, 0) is 5.56 Å². The number of carbonyl (C=O) groups excluding carboxylic acids is 1. The van der Waals surface area contributed by atoms with E-state index >= 15 is 0 Å². The van der Waals surface area contributed by atoms with Crippen molar-refractivity contribution < 1.29 is 9.90 Å². The Morgan fingerprint density at radius 3 is 1.90 bits per heavy atom. The fourth-order valence-electron chi connectivity index (χ4n) is 1.68. The Morgan fingerprint density at radius 1 is 1.05 bits per heavy atom. The van der Waals surface area contributed by atoms with Crippen molar-refractivity contribution in [3.63, 3.8) is 0 Å². The number of benzene rings is 2. The third-order valence-electron chi connectivity index (χ3n) is 2.90. The summed E-state index contributed by atoms with van der Waals surface area (Å²) in [5.74, 6) is -0.176. The molecule has 1 atom stereocenters. The molecule has 0 aliphatic heterocycles. The fourth-order valence-corrected chi connectivity index (χ4v) is 1.68. The molecule has 0 radical (unpaired) electrons. The van der Waals surface area contributed by atoms with Gasteiger partial charge in [0.2, 0.25) is 5.91 Å². The summed E-state index contributed by atoms with van der Waals surface area (Å²) in [6.07, 6.45) is -0.660. The molecule has 0 spiro atoms. The number of hydrogen-bond acceptors (Lipinski definition) is 3. The standard InChI is InChI=1S/C11H16N2O2.C6H6/c1-13(11(15)7-12)8-10(14)9-5-3-2-4-6-9;1-2-4-6-5-3-1/h2-6,10,14H,7-8,12H2,1H3;1-6H. The highest BCUT2D eigenvalue weighted by molar-refractivity contribution is 5.77. The van der Waals surface area contributed by atoms with Gasteiger partial charge < -0.3 is 15.7 Å². The van der Waals surface area contributed by atoms with Crippen molar-refractivity contribution in [2.24, 2.45) is 5.73 Å². The highest BCUT2D eigenvalue weighted by Crippen LogP contribution is 2.12. The molecule has 4 nitrogen and oxygen atoms in total. The Morgan fingerprint density at radius 2 is 1.48 bits per heavy atom. The molecule has 112 valence electrons. The summed E-state index contributed by atoms with van der Waals surface area (Å²) in [7, 11) is 1.63. The molecule has 0 saturated heterocycles. The van der Waals surface area contributed by atoms with E-state index in [-0.39, 0.29) is 19.0 Å². The molecular formula is C17H22N2O2. The maximum absolute atomic E-state index is 11.2. The van der Waals surface area contributed by atoms with Gasteiger partial charge in [0.1, 0.15) is 0 Å². The molecule has 0 heterocycles. The van der Waals surface area contributed by atoms with Crippen LogP contribution in [-0.2, 0) is 4.79 Å². The molecule has 1 unspecified atom stereocenters. The van der Waals surface area contributed by atoms with Gasteiger partial charge in [0.25, 0.3) is 0 Å². The number of likely N-dealkylation sites (N-methyl/N-ethyl adjacent to an activating group) is 1. The first kappa shape index (κ1) is 16.9. The van der Waals surface area contributed by atoms with Gasteiger partial charge in [0, 0.05) is 7.05 Å². The molecule has 4 heteroatoms. The lowest BCUT2D eigenvalue weighted by Crippen LogP contribution is -2.35. The van der Waals surface area contributed by atoms with E-state index in [2.05, 4.69) is 0 Å². The summed E-state index contributed by atoms with van der Waals surface area (Å²) in [5.41, 5.74) is 6.01. The smallest absolute Gasteiger partial charge is 0.236 e. The number of nitrogens with zero attached hydrogens (tertiary/aromatic N) is 1. The molecule has 0 aliphatic rings. The molecule has 3 N–H and O–H groups in total. The van der Waals surface area contributed by atoms with E-state index in [1.165, 1.54) is 4.90 Å². The number of amides is 1. The number of carbonyl (C=O) groups is 1. The van der Waals surface area contributed by atoms with Crippen LogP contribution in [0.4, 0.5) is 0 Å². The van der Waals surface area contributed by atoms with Crippen molar-refractivity contribution >= 4 is 5.91 Å². The Labute approximate surface area is 125 Å². The fraction of sp³-hybridized carbons (Fsp3) is 0.235. The molecule has 0 saturated carbocycles. The van der Waals surface area contributed by atoms with Crippen molar-refractivity contribution in [2.75, 3.05) is 20.1 Å². The van der Waals surface area contributed by atoms with Crippen LogP contribution in [0.1, 0.15) is 11.7 Å². The van der Waals surface area contributed by atoms with Gasteiger partial charge in [-0.2, -0.15) is 0 Å². The first-order chi connectivity index (χ1) is 10.1. The lowest BCUT2D eigenvalue weighted by Gasteiger charge is -2.20. The van der Waals surface area contributed by atoms with Gasteiger partial charge in [-0.25, -0.2) is 0 Å². The minimum absolute atomic E-state index is 0.0298. The van der Waals surface area contributed by atoms with E-state index in [1.54, 1.807) is 7.05 Å². The van der Waals surface area contributed by atoms with Crippen LogP contribution in [0.2, 0.25) is 0 Å². The average Bonchev–Trinajstić information content (AvgIpc) is 2.57. The zero-order valence-corrected chi connectivity index (χ0v) is 12.2. The second-order valence-electron chi connectivity index (χ2n) is 4.56. The van der Waals surface area contributed by atoms with E-state index in [9.17, 15) is 9.90 Å². The zero-order valence-electron chi connectivity index (χ0n) is 12.2. The number of aliphatic hydroxyl groups is 1. The summed E-state index contributed by atoms with van der Waals surface area (Å²) in [6, 6.07) is 21.2. The highest BCUT2D eigenvalue weighted by atomic mass is 16.3. The number of hydrogen-bond donors (Lipinski definition) is 2. The van der Waals surface area contributed by atoms with Crippen molar-refractivity contribution in [1.29, 1.82) is 0 Å². The maximum atomic E-state index is 11.2. The molecule has 0 bridgehead atoms. The van der Waals surface area contributed by atoms with E-state index in [1.807, 2.05) is 66.7 Å². The Bertz CT molecular complexity index is 476. The van der Waals surface area contributed by atoms with Gasteiger partial charge in [-0.3, -0.25) is 4.79 Å². The van der Waals surface area contributed by atoms with Crippen LogP contribution >= 0.6 is 0 Å². The molecule has 2 aromatic rings. The number of nitrogens with two attached hydrogens (primary N) is 1. The van der Waals surface area contributed by atoms with Crippen LogP contribution < -0.4 is 5.73 Å². The van der Waals surface area contributed by atoms with E-state index in [0.717, 1.165) is 5.56 Å². The van der Waals surface area contributed by atoms with Gasteiger partial charge in [-0.1, -0.05) is 66.7 Å². The first-order valence-electron chi connectivity index (χ1n) is 6.82. The molecule has 1 amide bonds. The van der Waals surface area contributed by atoms with Gasteiger partial charge in [-0.15, -0.1) is 0 Å². The molecule has 0 fully saturated rings. The van der Waals surface area contributed by atoms with Gasteiger partial charge in [0.05, 0.1) is 19.2 Å². The van der Waals surface area contributed by atoms with Crippen LogP contribution in [0.5, 0.6) is 0 Å². The van der Waals surface area contributed by atoms with Crippen molar-refractivity contribution in [3.05, 3.63) is 72.3 Å². The predicted molar refractivity (Wildman–Crippen MR) is 84.5 cm³/mol. The van der Waals surface area contributed by atoms with Crippen molar-refractivity contribution in [2.45, 2.75) is 6.10 Å². The Balaban J connectivity index is 0.000000304. The summed E-state index contributed by atoms with van der Waals surface area (Å²) < 4.78 is 0. The lowest BCUT2D eigenvalue weighted by atomic mass is 10.1. The third-order valence-corrected chi connectivity index (χ3v) is 2.90. The normalized spacial score (nSPS) is 11.0. The summed E-state index contributed by atoms with van der Waals surface area (Å²) in [6.45, 7) is 0.234. The zero-order chi connectivity index (χ0) is 15.5. The molecular weight excluding hydrogens is 264 g/mol. The highest BCUT2D eigenvalue weighted by Gasteiger charge is 2.13. The molecule has 2 rings (SSSR count). The van der Waals surface area contributed by atoms with Crippen molar-refractivity contribution in [1.82, 2.24) is 4.90 Å². The molecule has 0 aromatic heterocycles. The Kier molecular flexibility index (Phi) is 7.79. The van der Waals surface area contributed by atoms with E-state index < -0.39 is 6.10 Å². The van der Waals surface area contributed by atoms with Gasteiger partial charge >= 0.3 is 0 Å². The largest absolute Gasteiger partial charge is 0.387 e. The second kappa shape index (κ2) is 9.69. The second-order valence-corrected chi connectivity index (χ2v) is 4.56. The maximum Gasteiger partial charge on any atom is 0.236 e. The lowest BCUT2D eigenvalue weighted by molar-refractivity contribution is -0.129. The molecule has 2 aromatic carbocycles. The van der Waals surface area contributed by atoms with Crippen LogP contribution in [0.25, 0.3) is 0 Å². The van der Waals surface area contributed by atoms with Crippen LogP contribution in [-0.4, -0.2) is 36.1 Å². The topological polar surface area (TPSA) is 66.6 Å². The molecule has 0 aliphatic carbocycles. The van der Waals surface area contributed by atoms with Crippen LogP contribution in [0.15, 0.2) is 66.7 Å². The Hall–Kier alpha value is -2.17. The average molecular weight is 286 g/mol. The summed E-state index contributed by atoms with van der Waals surface area (Å²) in [5, 5.41) is 9.80. The van der Waals surface area contributed by atoms with Crippen LogP contribution in [0.3, 0.4) is 0 Å². The third kappa shape index (κ3) is 6.70. The van der Waals surface area contributed by atoms with Crippen LogP contribution in [0, 0.1) is 0 Å². The number of rotatable bonds is 4. The summed E-state index contributed by atoms with van der Waals surface area (Å²) in [4.78, 5) is 12.6.